The largest absolute Gasteiger partial charge is 0.396 e. The van der Waals surface area contributed by atoms with Gasteiger partial charge in [0.2, 0.25) is 5.91 Å². The second-order valence-corrected chi connectivity index (χ2v) is 2.76. The van der Waals surface area contributed by atoms with E-state index in [9.17, 15) is 4.79 Å². The van der Waals surface area contributed by atoms with Crippen molar-refractivity contribution in [1.82, 2.24) is 5.32 Å². The molecule has 72 valence electrons. The molecular formula is C8H18N2O2. The lowest BCUT2D eigenvalue weighted by Crippen LogP contribution is -2.40. The molecule has 4 N–H and O–H groups in total. The number of aliphatic hydroxyl groups is 1. The molecule has 4 heteroatoms. The van der Waals surface area contributed by atoms with Gasteiger partial charge in [-0.3, -0.25) is 4.79 Å². The van der Waals surface area contributed by atoms with E-state index < -0.39 is 6.04 Å². The van der Waals surface area contributed by atoms with Gasteiger partial charge in [-0.05, 0) is 12.8 Å². The Bertz CT molecular complexity index is 128. The van der Waals surface area contributed by atoms with Gasteiger partial charge in [0, 0.05) is 13.2 Å². The molecule has 0 bridgehead atoms. The maximum Gasteiger partial charge on any atom is 0.236 e. The molecule has 0 aliphatic rings. The van der Waals surface area contributed by atoms with Crippen LogP contribution in [-0.2, 0) is 4.79 Å². The van der Waals surface area contributed by atoms with Crippen molar-refractivity contribution in [2.45, 2.75) is 32.2 Å². The number of carbonyl (C=O) groups is 1. The maximum absolute atomic E-state index is 11.1. The van der Waals surface area contributed by atoms with Gasteiger partial charge in [-0.25, -0.2) is 0 Å². The summed E-state index contributed by atoms with van der Waals surface area (Å²) in [6.07, 6.45) is 2.21. The van der Waals surface area contributed by atoms with Gasteiger partial charge in [0.1, 0.15) is 0 Å². The second-order valence-electron chi connectivity index (χ2n) is 2.76. The number of amides is 1. The van der Waals surface area contributed by atoms with E-state index in [2.05, 4.69) is 5.32 Å². The first kappa shape index (κ1) is 11.4. The molecule has 0 heterocycles. The van der Waals surface area contributed by atoms with E-state index >= 15 is 0 Å². The number of nitrogens with one attached hydrogen (secondary N) is 1. The van der Waals surface area contributed by atoms with Crippen LogP contribution in [0.5, 0.6) is 0 Å². The molecule has 1 atom stereocenters. The minimum absolute atomic E-state index is 0.100. The molecule has 1 amide bonds. The van der Waals surface area contributed by atoms with Gasteiger partial charge in [0.15, 0.2) is 0 Å². The van der Waals surface area contributed by atoms with Crippen LogP contribution in [0.4, 0.5) is 0 Å². The van der Waals surface area contributed by atoms with Crippen LogP contribution >= 0.6 is 0 Å². The predicted octanol–water partition coefficient (Wildman–Crippen LogP) is -0.388. The van der Waals surface area contributed by atoms with Crippen molar-refractivity contribution in [2.75, 3.05) is 13.2 Å². The van der Waals surface area contributed by atoms with E-state index in [1.165, 1.54) is 0 Å². The minimum Gasteiger partial charge on any atom is -0.396 e. The van der Waals surface area contributed by atoms with Crippen LogP contribution in [0.15, 0.2) is 0 Å². The third kappa shape index (κ3) is 5.09. The molecule has 0 saturated heterocycles. The molecule has 0 radical (unpaired) electrons. The molecule has 0 aliphatic heterocycles. The molecule has 0 aromatic carbocycles. The fraction of sp³-hybridized carbons (Fsp3) is 0.875. The van der Waals surface area contributed by atoms with E-state index in [-0.39, 0.29) is 12.5 Å². The van der Waals surface area contributed by atoms with Gasteiger partial charge in [-0.15, -0.1) is 0 Å². The first-order chi connectivity index (χ1) is 5.72. The van der Waals surface area contributed by atoms with Crippen LogP contribution in [0.25, 0.3) is 0 Å². The highest BCUT2D eigenvalue weighted by molar-refractivity contribution is 5.81. The number of aliphatic hydroxyl groups excluding tert-OH is 1. The van der Waals surface area contributed by atoms with E-state index in [1.807, 2.05) is 6.92 Å². The summed E-state index contributed by atoms with van der Waals surface area (Å²) in [5.74, 6) is -0.120. The molecule has 0 spiro atoms. The molecule has 1 unspecified atom stereocenters. The highest BCUT2D eigenvalue weighted by Gasteiger charge is 2.10. The average Bonchev–Trinajstić information content (AvgIpc) is 2.05. The SMILES string of the molecule is CCCC(N)C(=O)NCCCO. The molecule has 0 aliphatic carbocycles. The molecule has 0 rings (SSSR count). The van der Waals surface area contributed by atoms with Crippen LogP contribution < -0.4 is 11.1 Å². The second kappa shape index (κ2) is 7.06. The maximum atomic E-state index is 11.1. The fourth-order valence-corrected chi connectivity index (χ4v) is 0.864. The molecule has 0 saturated carbocycles. The molecule has 0 fully saturated rings. The molecule has 0 aromatic rings. The average molecular weight is 174 g/mol. The van der Waals surface area contributed by atoms with Gasteiger partial charge in [0.25, 0.3) is 0 Å². The molecular weight excluding hydrogens is 156 g/mol. The summed E-state index contributed by atoms with van der Waals surface area (Å²) >= 11 is 0. The van der Waals surface area contributed by atoms with E-state index in [4.69, 9.17) is 10.8 Å². The zero-order valence-corrected chi connectivity index (χ0v) is 7.55. The van der Waals surface area contributed by atoms with Gasteiger partial charge >= 0.3 is 0 Å². The molecule has 0 aromatic heterocycles. The summed E-state index contributed by atoms with van der Waals surface area (Å²) in [6.45, 7) is 2.59. The summed E-state index contributed by atoms with van der Waals surface area (Å²) in [6, 6.07) is -0.395. The Morgan fingerprint density at radius 2 is 2.33 bits per heavy atom. The number of nitrogens with two attached hydrogens (primary N) is 1. The van der Waals surface area contributed by atoms with Gasteiger partial charge < -0.3 is 16.2 Å². The van der Waals surface area contributed by atoms with Crippen LogP contribution in [0.1, 0.15) is 26.2 Å². The zero-order valence-electron chi connectivity index (χ0n) is 7.55. The van der Waals surface area contributed by atoms with Crippen molar-refractivity contribution in [3.8, 4) is 0 Å². The normalized spacial score (nSPS) is 12.6. The molecule has 4 nitrogen and oxygen atoms in total. The Labute approximate surface area is 73.1 Å². The lowest BCUT2D eigenvalue weighted by atomic mass is 10.2. The Hall–Kier alpha value is -0.610. The Morgan fingerprint density at radius 3 is 2.83 bits per heavy atom. The topological polar surface area (TPSA) is 75.4 Å². The Balaban J connectivity index is 3.43. The lowest BCUT2D eigenvalue weighted by molar-refractivity contribution is -0.122. The van der Waals surface area contributed by atoms with Gasteiger partial charge in [0.05, 0.1) is 6.04 Å². The van der Waals surface area contributed by atoms with E-state index in [0.29, 0.717) is 19.4 Å². The number of hydrogen-bond donors (Lipinski definition) is 3. The first-order valence-electron chi connectivity index (χ1n) is 4.36. The van der Waals surface area contributed by atoms with Crippen LogP contribution in [-0.4, -0.2) is 30.2 Å². The predicted molar refractivity (Wildman–Crippen MR) is 47.6 cm³/mol. The lowest BCUT2D eigenvalue weighted by Gasteiger charge is -2.09. The minimum atomic E-state index is -0.395. The number of carbonyl (C=O) groups excluding carboxylic acids is 1. The smallest absolute Gasteiger partial charge is 0.236 e. The Kier molecular flexibility index (Phi) is 6.70. The quantitative estimate of drug-likeness (QED) is 0.480. The summed E-state index contributed by atoms with van der Waals surface area (Å²) in [5, 5.41) is 11.1. The highest BCUT2D eigenvalue weighted by atomic mass is 16.3. The van der Waals surface area contributed by atoms with Crippen LogP contribution in [0.3, 0.4) is 0 Å². The third-order valence-corrected chi connectivity index (χ3v) is 1.57. The van der Waals surface area contributed by atoms with Crippen molar-refractivity contribution < 1.29 is 9.90 Å². The van der Waals surface area contributed by atoms with Crippen molar-refractivity contribution in [3.05, 3.63) is 0 Å². The van der Waals surface area contributed by atoms with E-state index in [1.54, 1.807) is 0 Å². The molecule has 12 heavy (non-hydrogen) atoms. The number of rotatable bonds is 6. The number of hydrogen-bond acceptors (Lipinski definition) is 3. The Morgan fingerprint density at radius 1 is 1.67 bits per heavy atom. The zero-order chi connectivity index (χ0) is 9.40. The summed E-state index contributed by atoms with van der Waals surface area (Å²) in [4.78, 5) is 11.1. The highest BCUT2D eigenvalue weighted by Crippen LogP contribution is 1.92. The van der Waals surface area contributed by atoms with Gasteiger partial charge in [-0.1, -0.05) is 13.3 Å². The van der Waals surface area contributed by atoms with Crippen LogP contribution in [0.2, 0.25) is 0 Å². The van der Waals surface area contributed by atoms with Crippen molar-refractivity contribution in [2.24, 2.45) is 5.73 Å². The first-order valence-corrected chi connectivity index (χ1v) is 4.36. The third-order valence-electron chi connectivity index (χ3n) is 1.57. The summed E-state index contributed by atoms with van der Waals surface area (Å²) in [7, 11) is 0. The van der Waals surface area contributed by atoms with Crippen molar-refractivity contribution >= 4 is 5.91 Å². The fourth-order valence-electron chi connectivity index (χ4n) is 0.864. The van der Waals surface area contributed by atoms with Crippen molar-refractivity contribution in [1.29, 1.82) is 0 Å². The summed E-state index contributed by atoms with van der Waals surface area (Å²) < 4.78 is 0. The van der Waals surface area contributed by atoms with Crippen LogP contribution in [0, 0.1) is 0 Å². The standard InChI is InChI=1S/C8H18N2O2/c1-2-4-7(9)8(12)10-5-3-6-11/h7,11H,2-6,9H2,1H3,(H,10,12). The van der Waals surface area contributed by atoms with Gasteiger partial charge in [-0.2, -0.15) is 0 Å². The van der Waals surface area contributed by atoms with E-state index in [0.717, 1.165) is 6.42 Å². The van der Waals surface area contributed by atoms with Crippen molar-refractivity contribution in [3.63, 3.8) is 0 Å². The summed E-state index contributed by atoms with van der Waals surface area (Å²) in [5.41, 5.74) is 5.54. The monoisotopic (exact) mass is 174 g/mol.